The van der Waals surface area contributed by atoms with Crippen molar-refractivity contribution in [3.8, 4) is 11.8 Å². The summed E-state index contributed by atoms with van der Waals surface area (Å²) in [6.07, 6.45) is 3.09. The lowest BCUT2D eigenvalue weighted by atomic mass is 10.1. The quantitative estimate of drug-likeness (QED) is 0.814. The van der Waals surface area contributed by atoms with E-state index < -0.39 is 10.0 Å². The first kappa shape index (κ1) is 16.0. The van der Waals surface area contributed by atoms with E-state index in [1.807, 2.05) is 6.92 Å². The summed E-state index contributed by atoms with van der Waals surface area (Å²) in [6.45, 7) is 4.24. The molecule has 21 heavy (non-hydrogen) atoms. The Balaban J connectivity index is 2.24. The van der Waals surface area contributed by atoms with Crippen LogP contribution in [0.1, 0.15) is 37.3 Å². The number of nitrogens with two attached hydrogens (primary N) is 1. The van der Waals surface area contributed by atoms with Crippen LogP contribution in [0.2, 0.25) is 0 Å². The molecule has 0 saturated heterocycles. The van der Waals surface area contributed by atoms with Gasteiger partial charge in [-0.1, -0.05) is 31.3 Å². The van der Waals surface area contributed by atoms with E-state index in [4.69, 9.17) is 5.73 Å². The van der Waals surface area contributed by atoms with Crippen molar-refractivity contribution in [1.29, 1.82) is 0 Å². The lowest BCUT2D eigenvalue weighted by Gasteiger charge is -2.09. The molecule has 0 aliphatic heterocycles. The summed E-state index contributed by atoms with van der Waals surface area (Å²) in [4.78, 5) is 0.246. The van der Waals surface area contributed by atoms with Crippen LogP contribution in [-0.2, 0) is 10.0 Å². The molecule has 3 N–H and O–H groups in total. The Kier molecular flexibility index (Phi) is 5.04. The Bertz CT molecular complexity index is 671. The molecule has 1 saturated carbocycles. The van der Waals surface area contributed by atoms with Crippen molar-refractivity contribution >= 4 is 10.0 Å². The van der Waals surface area contributed by atoms with Gasteiger partial charge in [0.05, 0.1) is 11.4 Å². The average Bonchev–Trinajstić information content (AvgIpc) is 3.13. The fourth-order valence-corrected chi connectivity index (χ4v) is 3.93. The number of rotatable bonds is 5. The number of aryl methyl sites for hydroxylation is 1. The molecular weight excluding hydrogens is 284 g/mol. The summed E-state index contributed by atoms with van der Waals surface area (Å²) in [5, 5.41) is 0. The highest BCUT2D eigenvalue weighted by Crippen LogP contribution is 2.35. The third-order valence-electron chi connectivity index (χ3n) is 3.64. The van der Waals surface area contributed by atoms with E-state index in [-0.39, 0.29) is 17.5 Å². The molecule has 0 radical (unpaired) electrons. The van der Waals surface area contributed by atoms with E-state index in [9.17, 15) is 8.42 Å². The Morgan fingerprint density at radius 1 is 1.43 bits per heavy atom. The Hall–Kier alpha value is -1.35. The maximum atomic E-state index is 12.5. The molecule has 4 nitrogen and oxygen atoms in total. The van der Waals surface area contributed by atoms with Crippen LogP contribution in [0.5, 0.6) is 0 Å². The van der Waals surface area contributed by atoms with Gasteiger partial charge in [0.15, 0.2) is 0 Å². The third-order valence-corrected chi connectivity index (χ3v) is 5.19. The van der Waals surface area contributed by atoms with E-state index in [1.54, 1.807) is 18.2 Å². The van der Waals surface area contributed by atoms with Crippen LogP contribution in [-0.4, -0.2) is 21.0 Å². The molecule has 0 bridgehead atoms. The fourth-order valence-electron chi connectivity index (χ4n) is 2.47. The minimum Gasteiger partial charge on any atom is -0.320 e. The predicted octanol–water partition coefficient (Wildman–Crippen LogP) is 1.77. The Morgan fingerprint density at radius 2 is 2.19 bits per heavy atom. The highest BCUT2D eigenvalue weighted by molar-refractivity contribution is 7.89. The molecule has 2 atom stereocenters. The van der Waals surface area contributed by atoms with Crippen molar-refractivity contribution < 1.29 is 8.42 Å². The summed E-state index contributed by atoms with van der Waals surface area (Å²) in [6, 6.07) is 5.27. The summed E-state index contributed by atoms with van der Waals surface area (Å²) in [5.74, 6) is 6.06. The molecular formula is C16H22N2O2S. The minimum atomic E-state index is -3.52. The van der Waals surface area contributed by atoms with Crippen molar-refractivity contribution in [2.24, 2.45) is 11.7 Å². The zero-order valence-corrected chi connectivity index (χ0v) is 13.3. The van der Waals surface area contributed by atoms with E-state index in [0.717, 1.165) is 24.8 Å². The molecule has 1 aliphatic carbocycles. The summed E-state index contributed by atoms with van der Waals surface area (Å²) < 4.78 is 27.8. The van der Waals surface area contributed by atoms with Gasteiger partial charge in [-0.25, -0.2) is 13.1 Å². The van der Waals surface area contributed by atoms with Crippen LogP contribution in [0, 0.1) is 24.7 Å². The Labute approximate surface area is 127 Å². The van der Waals surface area contributed by atoms with Crippen molar-refractivity contribution in [1.82, 2.24) is 4.72 Å². The van der Waals surface area contributed by atoms with Crippen LogP contribution in [0.25, 0.3) is 0 Å². The van der Waals surface area contributed by atoms with E-state index in [1.165, 1.54) is 0 Å². The lowest BCUT2D eigenvalue weighted by molar-refractivity contribution is 0.573. The molecule has 0 amide bonds. The number of hydrogen-bond donors (Lipinski definition) is 2. The molecule has 1 aliphatic rings. The first-order chi connectivity index (χ1) is 9.97. The molecule has 0 spiro atoms. The van der Waals surface area contributed by atoms with Gasteiger partial charge in [-0.15, -0.1) is 0 Å². The van der Waals surface area contributed by atoms with Crippen LogP contribution >= 0.6 is 0 Å². The van der Waals surface area contributed by atoms with Crippen LogP contribution < -0.4 is 10.5 Å². The molecule has 2 unspecified atom stereocenters. The van der Waals surface area contributed by atoms with Crippen LogP contribution in [0.3, 0.4) is 0 Å². The second kappa shape index (κ2) is 6.61. The van der Waals surface area contributed by atoms with E-state index >= 15 is 0 Å². The van der Waals surface area contributed by atoms with Crippen LogP contribution in [0.15, 0.2) is 23.1 Å². The first-order valence-corrected chi connectivity index (χ1v) is 8.78. The summed E-state index contributed by atoms with van der Waals surface area (Å²) in [5.41, 5.74) is 6.87. The second-order valence-corrected chi connectivity index (χ2v) is 7.20. The van der Waals surface area contributed by atoms with E-state index in [0.29, 0.717) is 11.5 Å². The van der Waals surface area contributed by atoms with Gasteiger partial charge in [0, 0.05) is 11.6 Å². The lowest BCUT2D eigenvalue weighted by Crippen LogP contribution is -2.27. The molecule has 1 fully saturated rings. The molecule has 5 heteroatoms. The highest BCUT2D eigenvalue weighted by Gasteiger charge is 2.39. The minimum absolute atomic E-state index is 0.0755. The molecule has 1 aromatic carbocycles. The SMILES string of the molecule is CCCC1CC1NS(=O)(=O)c1ccc(C)cc1C#CCN. The van der Waals surface area contributed by atoms with Gasteiger partial charge < -0.3 is 5.73 Å². The zero-order chi connectivity index (χ0) is 15.5. The number of nitrogens with one attached hydrogen (secondary N) is 1. The third kappa shape index (κ3) is 4.07. The topological polar surface area (TPSA) is 72.2 Å². The maximum absolute atomic E-state index is 12.5. The summed E-state index contributed by atoms with van der Waals surface area (Å²) >= 11 is 0. The molecule has 0 heterocycles. The van der Waals surface area contributed by atoms with Gasteiger partial charge in [-0.2, -0.15) is 0 Å². The van der Waals surface area contributed by atoms with Gasteiger partial charge >= 0.3 is 0 Å². The van der Waals surface area contributed by atoms with Crippen molar-refractivity contribution in [2.75, 3.05) is 6.54 Å². The van der Waals surface area contributed by atoms with Gasteiger partial charge in [-0.3, -0.25) is 0 Å². The number of benzene rings is 1. The molecule has 2 rings (SSSR count). The van der Waals surface area contributed by atoms with Crippen molar-refractivity contribution in [3.05, 3.63) is 29.3 Å². The van der Waals surface area contributed by atoms with Gasteiger partial charge in [0.2, 0.25) is 10.0 Å². The Morgan fingerprint density at radius 3 is 2.86 bits per heavy atom. The summed E-state index contributed by atoms with van der Waals surface area (Å²) in [7, 11) is -3.52. The van der Waals surface area contributed by atoms with Crippen molar-refractivity contribution in [3.63, 3.8) is 0 Å². The van der Waals surface area contributed by atoms with Gasteiger partial charge in [-0.05, 0) is 43.4 Å². The smallest absolute Gasteiger partial charge is 0.242 e. The fraction of sp³-hybridized carbons (Fsp3) is 0.500. The van der Waals surface area contributed by atoms with E-state index in [2.05, 4.69) is 23.5 Å². The molecule has 0 aromatic heterocycles. The number of hydrogen-bond acceptors (Lipinski definition) is 3. The van der Waals surface area contributed by atoms with Crippen LogP contribution in [0.4, 0.5) is 0 Å². The molecule has 1 aromatic rings. The standard InChI is InChI=1S/C16H22N2O2S/c1-3-5-13-11-15(13)18-21(19,20)16-8-7-12(2)10-14(16)6-4-9-17/h7-8,10,13,15,18H,3,5,9,11,17H2,1-2H3. The highest BCUT2D eigenvalue weighted by atomic mass is 32.2. The van der Waals surface area contributed by atoms with Gasteiger partial charge in [0.25, 0.3) is 0 Å². The predicted molar refractivity (Wildman–Crippen MR) is 84.2 cm³/mol. The number of sulfonamides is 1. The molecule has 114 valence electrons. The largest absolute Gasteiger partial charge is 0.320 e. The second-order valence-electron chi connectivity index (χ2n) is 5.52. The van der Waals surface area contributed by atoms with Gasteiger partial charge in [0.1, 0.15) is 0 Å². The zero-order valence-electron chi connectivity index (χ0n) is 12.5. The monoisotopic (exact) mass is 306 g/mol. The maximum Gasteiger partial charge on any atom is 0.242 e. The van der Waals surface area contributed by atoms with Crippen molar-refractivity contribution in [2.45, 2.75) is 44.0 Å². The first-order valence-electron chi connectivity index (χ1n) is 7.30. The normalized spacial score (nSPS) is 20.7. The average molecular weight is 306 g/mol.